The normalized spacial score (nSPS) is 11.2. The van der Waals surface area contributed by atoms with Crippen molar-refractivity contribution in [3.05, 3.63) is 270 Å². The first kappa shape index (κ1) is 99.5. The Labute approximate surface area is 683 Å². The van der Waals surface area contributed by atoms with Gasteiger partial charge >= 0.3 is 0 Å². The molecule has 0 amide bonds. The van der Waals surface area contributed by atoms with Crippen LogP contribution in [0.25, 0.3) is 54.7 Å². The average Bonchev–Trinajstić information content (AvgIpc) is 1.30. The SMILES string of the molecule is C/C=C/c1cc(OC)c(C)cc1OC.C/C=C/c1cc(OCC(CC)CCC)c(C)cc1OC.C/C=C/c1sc(C)cc1CC.CC=Cc1ccc(C)cc1.CC=Cc1ccc(C)o1.CC=Cc1ccc(C)s1.CC=Cc1oc(C)c(C)c1C.CC=Cc1sc(C)c(C)c1C.COc1cc(C=C(C)C#N)c(OC)cc1C. The molecule has 0 fully saturated rings. The zero-order valence-electron chi connectivity index (χ0n) is 73.0. The molecule has 0 saturated heterocycles. The van der Waals surface area contributed by atoms with Crippen LogP contribution in [0.5, 0.6) is 34.5 Å². The van der Waals surface area contributed by atoms with E-state index in [1.807, 2.05) is 194 Å². The molecule has 111 heavy (non-hydrogen) atoms. The topological polar surface area (TPSA) is 105 Å². The van der Waals surface area contributed by atoms with Gasteiger partial charge in [-0.05, 0) is 324 Å². The molecule has 1 atom stereocenters. The Kier molecular flexibility index (Phi) is 50.8. The summed E-state index contributed by atoms with van der Waals surface area (Å²) in [6.45, 7) is 52.4. The van der Waals surface area contributed by atoms with Crippen molar-refractivity contribution < 1.29 is 37.3 Å². The predicted octanol–water partition coefficient (Wildman–Crippen LogP) is 30.6. The summed E-state index contributed by atoms with van der Waals surface area (Å²) in [6.07, 6.45) is 39.4. The van der Waals surface area contributed by atoms with Gasteiger partial charge in [-0.15, -0.1) is 34.0 Å². The minimum atomic E-state index is 0.629. The number of aryl methyl sites for hydroxylation is 10. The number of hydrogen-bond acceptors (Lipinski definition) is 12. The van der Waals surface area contributed by atoms with Gasteiger partial charge in [0, 0.05) is 51.5 Å². The van der Waals surface area contributed by atoms with Crippen LogP contribution in [0.2, 0.25) is 0 Å². The van der Waals surface area contributed by atoms with Crippen molar-refractivity contribution in [2.24, 2.45) is 5.92 Å². The maximum atomic E-state index is 8.75. The van der Waals surface area contributed by atoms with E-state index in [-0.39, 0.29) is 0 Å². The number of nitrogens with zero attached hydrogens (tertiary/aromatic N) is 1. The number of allylic oxidation sites excluding steroid dienone is 9. The molecule has 0 saturated carbocycles. The molecular weight excluding hydrogens is 1430 g/mol. The van der Waals surface area contributed by atoms with Crippen LogP contribution >= 0.6 is 34.0 Å². The molecule has 600 valence electrons. The van der Waals surface area contributed by atoms with Crippen molar-refractivity contribution in [1.82, 2.24) is 0 Å². The van der Waals surface area contributed by atoms with Gasteiger partial charge in [-0.1, -0.05) is 130 Å². The molecule has 0 aliphatic heterocycles. The fourth-order valence-corrected chi connectivity index (χ4v) is 13.9. The smallest absolute Gasteiger partial charge is 0.129 e. The average molecular weight is 1560 g/mol. The highest BCUT2D eigenvalue weighted by Gasteiger charge is 2.13. The van der Waals surface area contributed by atoms with E-state index in [0.717, 1.165) is 104 Å². The quantitative estimate of drug-likeness (QED) is 0.0650. The number of hydrogen-bond donors (Lipinski definition) is 0. The number of ether oxygens (including phenoxy) is 6. The van der Waals surface area contributed by atoms with Crippen LogP contribution in [0.3, 0.4) is 0 Å². The van der Waals surface area contributed by atoms with E-state index in [1.165, 1.54) is 87.5 Å². The molecule has 0 spiro atoms. The highest BCUT2D eigenvalue weighted by Crippen LogP contribution is 2.34. The zero-order chi connectivity index (χ0) is 83.5. The van der Waals surface area contributed by atoms with E-state index >= 15 is 0 Å². The van der Waals surface area contributed by atoms with Gasteiger partial charge in [0.25, 0.3) is 0 Å². The van der Waals surface area contributed by atoms with Gasteiger partial charge in [0.05, 0.1) is 48.2 Å². The lowest BCUT2D eigenvalue weighted by molar-refractivity contribution is 0.233. The Hall–Kier alpha value is -9.51. The molecule has 0 radical (unpaired) electrons. The lowest BCUT2D eigenvalue weighted by atomic mass is 10.0. The van der Waals surface area contributed by atoms with Crippen molar-refractivity contribution in [3.63, 3.8) is 0 Å². The van der Waals surface area contributed by atoms with Gasteiger partial charge in [0.15, 0.2) is 0 Å². The van der Waals surface area contributed by atoms with Gasteiger partial charge in [0.2, 0.25) is 0 Å². The fourth-order valence-electron chi connectivity index (χ4n) is 10.8. The van der Waals surface area contributed by atoms with Crippen LogP contribution in [0.1, 0.15) is 227 Å². The van der Waals surface area contributed by atoms with E-state index in [0.29, 0.717) is 11.5 Å². The van der Waals surface area contributed by atoms with Crippen molar-refractivity contribution >= 4 is 88.7 Å². The molecular formula is C99H133NO8S3. The monoisotopic (exact) mass is 1560 g/mol. The van der Waals surface area contributed by atoms with E-state index < -0.39 is 0 Å². The molecule has 9 nitrogen and oxygen atoms in total. The second-order valence-corrected chi connectivity index (χ2v) is 30.1. The first-order valence-corrected chi connectivity index (χ1v) is 40.8. The Morgan fingerprint density at radius 2 is 0.946 bits per heavy atom. The van der Waals surface area contributed by atoms with Gasteiger partial charge in [-0.2, -0.15) is 5.26 Å². The van der Waals surface area contributed by atoms with Crippen molar-refractivity contribution in [1.29, 1.82) is 5.26 Å². The number of furan rings is 2. The number of methoxy groups -OCH3 is 5. The van der Waals surface area contributed by atoms with Gasteiger partial charge in [-0.25, -0.2) is 0 Å². The standard InChI is InChI=1S/C18H28O2.C13H15NO2.C12H16O2.C10H14O.2C10H14S.C10H12.C8H10O.C8H10S/c1-6-9-15(8-3)13-20-17-12-16(10-7-2)18(19-5)11-14(17)4;1-9(8-14)5-11-7-12(15-3)10(2)6-13(11)16-4;1-5-6-10-8-11(13-3)9(2)7-12(10)14-4;2*1-5-6-10-8(3)7(2)9(4)11-10;1-4-6-10-9(5-2)7-8(3)11-10;1-3-4-10-7-5-9(2)6-8-10;2*1-3-4-8-6-5-7(2)9-8/h7,10-12,15H,6,8-9,13H2,1-5H3;5-7H,1-4H3;5-8H,1-4H3;2*5-6H,1-4H3;4,6-7H,5H2,1-3H3;3-8H,1-2H3;2*3-6H,1-2H3/b10-7+;;6-5+;;;6-4+;;;. The first-order valence-electron chi connectivity index (χ1n) is 38.4. The fraction of sp³-hybridized carbons (Fsp3) is 0.364. The summed E-state index contributed by atoms with van der Waals surface area (Å²) in [5.74, 6) is 9.70. The maximum Gasteiger partial charge on any atom is 0.129 e. The third kappa shape index (κ3) is 36.9. The minimum absolute atomic E-state index is 0.629. The number of nitriles is 1. The van der Waals surface area contributed by atoms with Gasteiger partial charge in [0.1, 0.15) is 57.5 Å². The summed E-state index contributed by atoms with van der Waals surface area (Å²) in [7, 11) is 8.29. The number of benzene rings is 4. The summed E-state index contributed by atoms with van der Waals surface area (Å²) in [6, 6.07) is 32.9. The summed E-state index contributed by atoms with van der Waals surface area (Å²) in [5.41, 5.74) is 16.3. The summed E-state index contributed by atoms with van der Waals surface area (Å²) in [4.78, 5) is 8.40. The number of thiophene rings is 3. The molecule has 0 aliphatic rings. The Balaban J connectivity index is 0.000000632. The summed E-state index contributed by atoms with van der Waals surface area (Å²) >= 11 is 5.58. The van der Waals surface area contributed by atoms with Crippen LogP contribution < -0.4 is 28.4 Å². The van der Waals surface area contributed by atoms with E-state index in [2.05, 4.69) is 200 Å². The molecule has 0 N–H and O–H groups in total. The van der Waals surface area contributed by atoms with Crippen LogP contribution in [0, 0.1) is 107 Å². The minimum Gasteiger partial charge on any atom is -0.496 e. The second-order valence-electron chi connectivity index (χ2n) is 26.3. The lowest BCUT2D eigenvalue weighted by Crippen LogP contribution is -2.11. The third-order valence-electron chi connectivity index (χ3n) is 17.4. The largest absolute Gasteiger partial charge is 0.496 e. The molecule has 9 rings (SSSR count). The van der Waals surface area contributed by atoms with Crippen LogP contribution in [0.15, 0.2) is 154 Å². The molecule has 1 unspecified atom stereocenters. The molecule has 12 heteroatoms. The van der Waals surface area contributed by atoms with Gasteiger partial charge < -0.3 is 37.3 Å². The predicted molar refractivity (Wildman–Crippen MR) is 491 cm³/mol. The van der Waals surface area contributed by atoms with E-state index in [4.69, 9.17) is 42.5 Å². The van der Waals surface area contributed by atoms with E-state index in [9.17, 15) is 0 Å². The van der Waals surface area contributed by atoms with Crippen molar-refractivity contribution in [2.45, 2.75) is 199 Å². The molecule has 5 aromatic heterocycles. The van der Waals surface area contributed by atoms with Gasteiger partial charge in [-0.3, -0.25) is 0 Å². The Bertz CT molecular complexity index is 4360. The summed E-state index contributed by atoms with van der Waals surface area (Å²) in [5, 5.41) is 8.75. The third-order valence-corrected chi connectivity index (χ3v) is 20.7. The summed E-state index contributed by atoms with van der Waals surface area (Å²) < 4.78 is 43.2. The Morgan fingerprint density at radius 1 is 0.450 bits per heavy atom. The van der Waals surface area contributed by atoms with Crippen molar-refractivity contribution in [2.75, 3.05) is 42.2 Å². The first-order chi connectivity index (χ1) is 53.1. The molecule has 0 bridgehead atoms. The highest BCUT2D eigenvalue weighted by atomic mass is 32.1. The molecule has 9 aromatic rings. The number of rotatable bonds is 21. The lowest BCUT2D eigenvalue weighted by Gasteiger charge is -2.17. The van der Waals surface area contributed by atoms with Crippen LogP contribution in [-0.4, -0.2) is 42.2 Å². The van der Waals surface area contributed by atoms with Crippen LogP contribution in [-0.2, 0) is 6.42 Å². The Morgan fingerprint density at radius 3 is 1.36 bits per heavy atom. The molecule has 5 heterocycles. The molecule has 4 aromatic carbocycles. The van der Waals surface area contributed by atoms with E-state index in [1.54, 1.807) is 48.5 Å². The van der Waals surface area contributed by atoms with Crippen molar-refractivity contribution in [3.8, 4) is 40.6 Å². The highest BCUT2D eigenvalue weighted by molar-refractivity contribution is 7.13. The second kappa shape index (κ2) is 56.7. The van der Waals surface area contributed by atoms with Crippen LogP contribution in [0.4, 0.5) is 0 Å². The zero-order valence-corrected chi connectivity index (χ0v) is 75.5. The maximum absolute atomic E-state index is 8.75. The molecule has 0 aliphatic carbocycles.